The van der Waals surface area contributed by atoms with Crippen LogP contribution in [0.3, 0.4) is 0 Å². The van der Waals surface area contributed by atoms with Crippen molar-refractivity contribution in [1.29, 1.82) is 0 Å². The number of hydrogen-bond acceptors (Lipinski definition) is 3. The summed E-state index contributed by atoms with van der Waals surface area (Å²) in [6.07, 6.45) is 0. The van der Waals surface area contributed by atoms with Crippen molar-refractivity contribution in [2.24, 2.45) is 7.05 Å². The van der Waals surface area contributed by atoms with Crippen molar-refractivity contribution < 1.29 is 4.74 Å². The molecule has 0 saturated heterocycles. The molecule has 1 aromatic heterocycles. The van der Waals surface area contributed by atoms with Crippen molar-refractivity contribution >= 4 is 0 Å². The van der Waals surface area contributed by atoms with E-state index in [9.17, 15) is 0 Å². The summed E-state index contributed by atoms with van der Waals surface area (Å²) in [6.45, 7) is 1.79. The van der Waals surface area contributed by atoms with Crippen LogP contribution in [0, 0.1) is 0 Å². The first kappa shape index (κ1) is 6.67. The van der Waals surface area contributed by atoms with E-state index >= 15 is 0 Å². The van der Waals surface area contributed by atoms with Crippen LogP contribution in [0.1, 0.15) is 11.3 Å². The van der Waals surface area contributed by atoms with Crippen LogP contribution in [0.15, 0.2) is 0 Å². The fourth-order valence-corrected chi connectivity index (χ4v) is 1.44. The van der Waals surface area contributed by atoms with Crippen LogP contribution in [0.25, 0.3) is 0 Å². The van der Waals surface area contributed by atoms with E-state index in [4.69, 9.17) is 4.74 Å². The third kappa shape index (κ3) is 0.826. The maximum atomic E-state index is 5.11. The molecule has 0 aliphatic carbocycles. The molecule has 11 heavy (non-hydrogen) atoms. The Bertz CT molecular complexity index is 279. The minimum absolute atomic E-state index is 0.757. The molecule has 0 unspecified atom stereocenters. The number of fused-ring (bicyclic) bond motifs is 1. The normalized spacial score (nSPS) is 15.1. The number of methoxy groups -OCH3 is 1. The first-order valence-corrected chi connectivity index (χ1v) is 3.62. The minimum atomic E-state index is 0.757. The van der Waals surface area contributed by atoms with Crippen molar-refractivity contribution in [3.05, 3.63) is 11.3 Å². The Morgan fingerprint density at radius 1 is 1.55 bits per heavy atom. The summed E-state index contributed by atoms with van der Waals surface area (Å²) in [5.41, 5.74) is 2.44. The second-order valence-electron chi connectivity index (χ2n) is 2.66. The monoisotopic (exact) mass is 153 g/mol. The Balaban J connectivity index is 2.52. The van der Waals surface area contributed by atoms with Crippen LogP contribution in [-0.2, 0) is 20.1 Å². The van der Waals surface area contributed by atoms with E-state index in [-0.39, 0.29) is 0 Å². The van der Waals surface area contributed by atoms with E-state index in [1.165, 1.54) is 11.3 Å². The summed E-state index contributed by atoms with van der Waals surface area (Å²) in [7, 11) is 3.59. The molecule has 0 saturated carbocycles. The molecule has 1 aliphatic rings. The van der Waals surface area contributed by atoms with Gasteiger partial charge in [0, 0.05) is 20.1 Å². The average molecular weight is 153 g/mol. The van der Waals surface area contributed by atoms with Crippen LogP contribution >= 0.6 is 0 Å². The maximum absolute atomic E-state index is 5.11. The summed E-state index contributed by atoms with van der Waals surface area (Å²) in [4.78, 5) is 0. The number of nitrogens with one attached hydrogen (secondary N) is 1. The Morgan fingerprint density at radius 2 is 2.36 bits per heavy atom. The Labute approximate surface area is 65.2 Å². The van der Waals surface area contributed by atoms with Gasteiger partial charge in [-0.25, -0.2) is 0 Å². The molecule has 60 valence electrons. The summed E-state index contributed by atoms with van der Waals surface area (Å²) in [6, 6.07) is 0. The second-order valence-corrected chi connectivity index (χ2v) is 2.66. The molecule has 2 rings (SSSR count). The minimum Gasteiger partial charge on any atom is -0.480 e. The molecule has 0 spiro atoms. The van der Waals surface area contributed by atoms with Crippen LogP contribution in [-0.4, -0.2) is 16.9 Å². The van der Waals surface area contributed by atoms with Gasteiger partial charge in [-0.05, 0) is 0 Å². The lowest BCUT2D eigenvalue weighted by Crippen LogP contribution is -2.06. The maximum Gasteiger partial charge on any atom is 0.237 e. The standard InChI is InChI=1S/C7H11N3O/c1-10-6-4-8-3-5(6)7(9-10)11-2/h8H,3-4H2,1-2H3. The van der Waals surface area contributed by atoms with Crippen LogP contribution in [0.5, 0.6) is 5.88 Å². The average Bonchev–Trinajstić information content (AvgIpc) is 2.54. The van der Waals surface area contributed by atoms with Gasteiger partial charge in [0.25, 0.3) is 0 Å². The van der Waals surface area contributed by atoms with E-state index in [2.05, 4.69) is 10.4 Å². The lowest BCUT2D eigenvalue weighted by atomic mass is 10.3. The molecule has 4 nitrogen and oxygen atoms in total. The quantitative estimate of drug-likeness (QED) is 0.618. The number of aromatic nitrogens is 2. The predicted octanol–water partition coefficient (Wildman–Crippen LogP) is 0.0319. The molecule has 1 aromatic rings. The van der Waals surface area contributed by atoms with E-state index in [1.54, 1.807) is 7.11 Å². The molecule has 0 bridgehead atoms. The van der Waals surface area contributed by atoms with Crippen LogP contribution in [0.2, 0.25) is 0 Å². The van der Waals surface area contributed by atoms with Gasteiger partial charge < -0.3 is 10.1 Å². The van der Waals surface area contributed by atoms with E-state index in [0.717, 1.165) is 19.0 Å². The molecule has 1 N–H and O–H groups in total. The van der Waals surface area contributed by atoms with E-state index in [0.29, 0.717) is 0 Å². The fraction of sp³-hybridized carbons (Fsp3) is 0.571. The number of ether oxygens (including phenoxy) is 1. The van der Waals surface area contributed by atoms with Gasteiger partial charge in [0.05, 0.1) is 18.4 Å². The first-order valence-electron chi connectivity index (χ1n) is 3.62. The summed E-state index contributed by atoms with van der Waals surface area (Å²) in [5.74, 6) is 0.757. The van der Waals surface area contributed by atoms with Gasteiger partial charge in [-0.3, -0.25) is 4.68 Å². The molecule has 0 aromatic carbocycles. The van der Waals surface area contributed by atoms with Gasteiger partial charge >= 0.3 is 0 Å². The highest BCUT2D eigenvalue weighted by Crippen LogP contribution is 2.24. The number of rotatable bonds is 1. The van der Waals surface area contributed by atoms with Gasteiger partial charge in [-0.1, -0.05) is 0 Å². The van der Waals surface area contributed by atoms with Crippen molar-refractivity contribution in [2.45, 2.75) is 13.1 Å². The zero-order valence-corrected chi connectivity index (χ0v) is 6.72. The van der Waals surface area contributed by atoms with E-state index in [1.807, 2.05) is 11.7 Å². The fourth-order valence-electron chi connectivity index (χ4n) is 1.44. The van der Waals surface area contributed by atoms with Crippen molar-refractivity contribution in [3.8, 4) is 5.88 Å². The molecule has 4 heteroatoms. The number of aryl methyl sites for hydroxylation is 1. The summed E-state index contributed by atoms with van der Waals surface area (Å²) >= 11 is 0. The van der Waals surface area contributed by atoms with Crippen LogP contribution < -0.4 is 10.1 Å². The van der Waals surface area contributed by atoms with E-state index < -0.39 is 0 Å². The molecule has 0 amide bonds. The first-order chi connectivity index (χ1) is 5.33. The predicted molar refractivity (Wildman–Crippen MR) is 40.3 cm³/mol. The second kappa shape index (κ2) is 2.23. The smallest absolute Gasteiger partial charge is 0.237 e. The van der Waals surface area contributed by atoms with Gasteiger partial charge in [-0.2, -0.15) is 0 Å². The molecular formula is C7H11N3O. The van der Waals surface area contributed by atoms with Crippen LogP contribution in [0.4, 0.5) is 0 Å². The molecule has 0 radical (unpaired) electrons. The van der Waals surface area contributed by atoms with Crippen molar-refractivity contribution in [1.82, 2.24) is 15.1 Å². The number of nitrogens with zero attached hydrogens (tertiary/aromatic N) is 2. The Hall–Kier alpha value is -1.03. The Kier molecular flexibility index (Phi) is 1.35. The van der Waals surface area contributed by atoms with Gasteiger partial charge in [0.1, 0.15) is 0 Å². The lowest BCUT2D eigenvalue weighted by molar-refractivity contribution is 0.386. The third-order valence-corrected chi connectivity index (χ3v) is 2.03. The Morgan fingerprint density at radius 3 is 3.09 bits per heavy atom. The molecule has 0 fully saturated rings. The molecule has 2 heterocycles. The van der Waals surface area contributed by atoms with Gasteiger partial charge in [0.15, 0.2) is 0 Å². The van der Waals surface area contributed by atoms with Gasteiger partial charge in [0.2, 0.25) is 5.88 Å². The lowest BCUT2D eigenvalue weighted by Gasteiger charge is -1.95. The van der Waals surface area contributed by atoms with Gasteiger partial charge in [-0.15, -0.1) is 5.10 Å². The zero-order chi connectivity index (χ0) is 7.84. The van der Waals surface area contributed by atoms with Crippen molar-refractivity contribution in [3.63, 3.8) is 0 Å². The van der Waals surface area contributed by atoms with Crippen molar-refractivity contribution in [2.75, 3.05) is 7.11 Å². The highest BCUT2D eigenvalue weighted by molar-refractivity contribution is 5.33. The molecule has 1 aliphatic heterocycles. The highest BCUT2D eigenvalue weighted by atomic mass is 16.5. The molecular weight excluding hydrogens is 142 g/mol. The molecule has 0 atom stereocenters. The summed E-state index contributed by atoms with van der Waals surface area (Å²) < 4.78 is 6.98. The third-order valence-electron chi connectivity index (χ3n) is 2.03. The highest BCUT2D eigenvalue weighted by Gasteiger charge is 2.20. The summed E-state index contributed by atoms with van der Waals surface area (Å²) in [5, 5.41) is 7.45. The zero-order valence-electron chi connectivity index (χ0n) is 6.72. The topological polar surface area (TPSA) is 39.1 Å². The largest absolute Gasteiger partial charge is 0.480 e. The SMILES string of the molecule is COc1nn(C)c2c1CNC2. The number of hydrogen-bond donors (Lipinski definition) is 1.